The molecule has 0 bridgehead atoms. The molecule has 21 heavy (non-hydrogen) atoms. The van der Waals surface area contributed by atoms with Crippen molar-refractivity contribution in [3.8, 4) is 0 Å². The molecule has 0 atom stereocenters. The van der Waals surface area contributed by atoms with Gasteiger partial charge in [0.25, 0.3) is 0 Å². The summed E-state index contributed by atoms with van der Waals surface area (Å²) in [6.45, 7) is 8.29. The molecular weight excluding hydrogens is 270 g/mol. The second-order valence-corrected chi connectivity index (χ2v) is 4.66. The minimum atomic E-state index is -0.364. The van der Waals surface area contributed by atoms with Crippen LogP contribution in [-0.4, -0.2) is 30.1 Å². The molecule has 0 fully saturated rings. The average Bonchev–Trinajstić information content (AvgIpc) is 2.71. The largest absolute Gasteiger partial charge is 0.466 e. The standard InChI is InChI=1S/C16H23NO4/c1-5-20-15(18)9-7-13-11(3)12(4)14(17-13)8-10-16(19)21-6-2/h7,9,17H,5-6,8,10H2,1-4H3/b9-7+. The number of aromatic nitrogens is 1. The molecule has 1 N–H and O–H groups in total. The van der Waals surface area contributed by atoms with Gasteiger partial charge in [-0.25, -0.2) is 4.79 Å². The summed E-state index contributed by atoms with van der Waals surface area (Å²) in [5, 5.41) is 0. The number of aryl methyl sites for hydroxylation is 1. The summed E-state index contributed by atoms with van der Waals surface area (Å²) in [6.07, 6.45) is 4.04. The van der Waals surface area contributed by atoms with Gasteiger partial charge in [-0.05, 0) is 51.3 Å². The molecule has 0 aliphatic heterocycles. The van der Waals surface area contributed by atoms with Crippen LogP contribution in [0.5, 0.6) is 0 Å². The lowest BCUT2D eigenvalue weighted by molar-refractivity contribution is -0.143. The molecule has 5 nitrogen and oxygen atoms in total. The highest BCUT2D eigenvalue weighted by atomic mass is 16.5. The predicted molar refractivity (Wildman–Crippen MR) is 80.9 cm³/mol. The van der Waals surface area contributed by atoms with Crippen LogP contribution in [0.3, 0.4) is 0 Å². The number of hydrogen-bond acceptors (Lipinski definition) is 4. The summed E-state index contributed by atoms with van der Waals surface area (Å²) >= 11 is 0. The lowest BCUT2D eigenvalue weighted by atomic mass is 10.1. The van der Waals surface area contributed by atoms with Gasteiger partial charge in [-0.2, -0.15) is 0 Å². The third-order valence-electron chi connectivity index (χ3n) is 3.26. The Balaban J connectivity index is 2.74. The number of esters is 2. The van der Waals surface area contributed by atoms with Gasteiger partial charge in [-0.1, -0.05) is 0 Å². The monoisotopic (exact) mass is 293 g/mol. The number of ether oxygens (including phenoxy) is 2. The molecule has 1 aromatic heterocycles. The Labute approximate surface area is 125 Å². The summed E-state index contributed by atoms with van der Waals surface area (Å²) in [5.74, 6) is -0.565. The van der Waals surface area contributed by atoms with Crippen LogP contribution in [0.25, 0.3) is 6.08 Å². The van der Waals surface area contributed by atoms with Crippen LogP contribution in [0, 0.1) is 13.8 Å². The fraction of sp³-hybridized carbons (Fsp3) is 0.500. The van der Waals surface area contributed by atoms with E-state index in [-0.39, 0.29) is 11.9 Å². The fourth-order valence-corrected chi connectivity index (χ4v) is 2.00. The van der Waals surface area contributed by atoms with Crippen LogP contribution >= 0.6 is 0 Å². The number of H-pyrrole nitrogens is 1. The first-order valence-electron chi connectivity index (χ1n) is 7.18. The van der Waals surface area contributed by atoms with Crippen molar-refractivity contribution in [3.05, 3.63) is 28.6 Å². The van der Waals surface area contributed by atoms with Gasteiger partial charge in [0, 0.05) is 17.5 Å². The Morgan fingerprint density at radius 1 is 1.10 bits per heavy atom. The highest BCUT2D eigenvalue weighted by molar-refractivity contribution is 5.87. The molecule has 5 heteroatoms. The molecular formula is C16H23NO4. The van der Waals surface area contributed by atoms with Crippen molar-refractivity contribution in [3.63, 3.8) is 0 Å². The average molecular weight is 293 g/mol. The van der Waals surface area contributed by atoms with Gasteiger partial charge in [-0.15, -0.1) is 0 Å². The molecule has 116 valence electrons. The van der Waals surface area contributed by atoms with Crippen LogP contribution in [-0.2, 0) is 25.5 Å². The summed E-state index contributed by atoms with van der Waals surface area (Å²) in [6, 6.07) is 0. The highest BCUT2D eigenvalue weighted by Gasteiger charge is 2.11. The fourth-order valence-electron chi connectivity index (χ4n) is 2.00. The molecule has 0 saturated heterocycles. The van der Waals surface area contributed by atoms with Gasteiger partial charge in [0.1, 0.15) is 0 Å². The van der Waals surface area contributed by atoms with Crippen molar-refractivity contribution >= 4 is 18.0 Å². The third-order valence-corrected chi connectivity index (χ3v) is 3.26. The zero-order chi connectivity index (χ0) is 15.8. The van der Waals surface area contributed by atoms with Crippen molar-refractivity contribution < 1.29 is 19.1 Å². The number of hydrogen-bond donors (Lipinski definition) is 1. The van der Waals surface area contributed by atoms with Crippen LogP contribution in [0.15, 0.2) is 6.08 Å². The Morgan fingerprint density at radius 2 is 1.76 bits per heavy atom. The zero-order valence-corrected chi connectivity index (χ0v) is 13.1. The minimum absolute atomic E-state index is 0.201. The quantitative estimate of drug-likeness (QED) is 0.620. The first-order valence-corrected chi connectivity index (χ1v) is 7.18. The number of carbonyl (C=O) groups excluding carboxylic acids is 2. The lowest BCUT2D eigenvalue weighted by Gasteiger charge is -2.01. The van der Waals surface area contributed by atoms with Gasteiger partial charge in [0.15, 0.2) is 0 Å². The van der Waals surface area contributed by atoms with E-state index in [0.717, 1.165) is 22.5 Å². The Kier molecular flexibility index (Phi) is 6.72. The van der Waals surface area contributed by atoms with Crippen molar-refractivity contribution in [2.45, 2.75) is 40.5 Å². The molecule has 1 aromatic rings. The van der Waals surface area contributed by atoms with Crippen molar-refractivity contribution in [2.75, 3.05) is 13.2 Å². The molecule has 0 unspecified atom stereocenters. The van der Waals surface area contributed by atoms with Crippen molar-refractivity contribution in [1.29, 1.82) is 0 Å². The van der Waals surface area contributed by atoms with E-state index in [1.165, 1.54) is 6.08 Å². The molecule has 0 aliphatic rings. The van der Waals surface area contributed by atoms with Gasteiger partial charge in [-0.3, -0.25) is 4.79 Å². The molecule has 0 amide bonds. The van der Waals surface area contributed by atoms with Crippen molar-refractivity contribution in [1.82, 2.24) is 4.98 Å². The van der Waals surface area contributed by atoms with E-state index >= 15 is 0 Å². The summed E-state index contributed by atoms with van der Waals surface area (Å²) in [7, 11) is 0. The second kappa shape index (κ2) is 8.29. The zero-order valence-electron chi connectivity index (χ0n) is 13.1. The van der Waals surface area contributed by atoms with E-state index in [0.29, 0.717) is 26.1 Å². The maximum absolute atomic E-state index is 11.4. The molecule has 0 spiro atoms. The van der Waals surface area contributed by atoms with E-state index in [1.807, 2.05) is 13.8 Å². The van der Waals surface area contributed by atoms with Gasteiger partial charge in [0.2, 0.25) is 0 Å². The van der Waals surface area contributed by atoms with E-state index in [9.17, 15) is 9.59 Å². The van der Waals surface area contributed by atoms with E-state index in [2.05, 4.69) is 4.98 Å². The molecule has 1 rings (SSSR count). The van der Waals surface area contributed by atoms with E-state index < -0.39 is 0 Å². The first kappa shape index (κ1) is 17.0. The molecule has 0 aliphatic carbocycles. The topological polar surface area (TPSA) is 68.4 Å². The Bertz CT molecular complexity index is 529. The normalized spacial score (nSPS) is 10.9. The van der Waals surface area contributed by atoms with Crippen LogP contribution in [0.1, 0.15) is 42.8 Å². The number of aromatic amines is 1. The summed E-state index contributed by atoms with van der Waals surface area (Å²) in [4.78, 5) is 26.0. The molecule has 0 saturated carbocycles. The minimum Gasteiger partial charge on any atom is -0.466 e. The van der Waals surface area contributed by atoms with Crippen LogP contribution in [0.4, 0.5) is 0 Å². The lowest BCUT2D eigenvalue weighted by Crippen LogP contribution is -2.05. The SMILES string of the molecule is CCOC(=O)/C=C/c1[nH]c(CCC(=O)OCC)c(C)c1C. The second-order valence-electron chi connectivity index (χ2n) is 4.66. The summed E-state index contributed by atoms with van der Waals surface area (Å²) < 4.78 is 9.76. The van der Waals surface area contributed by atoms with Gasteiger partial charge < -0.3 is 14.5 Å². The van der Waals surface area contributed by atoms with E-state index in [4.69, 9.17) is 9.47 Å². The number of nitrogens with one attached hydrogen (secondary N) is 1. The Hall–Kier alpha value is -2.04. The Morgan fingerprint density at radius 3 is 2.38 bits per heavy atom. The van der Waals surface area contributed by atoms with E-state index in [1.54, 1.807) is 19.9 Å². The molecule has 1 heterocycles. The van der Waals surface area contributed by atoms with Gasteiger partial charge >= 0.3 is 11.9 Å². The predicted octanol–water partition coefficient (Wildman–Crippen LogP) is 2.70. The molecule has 0 radical (unpaired) electrons. The van der Waals surface area contributed by atoms with Gasteiger partial charge in [0.05, 0.1) is 19.6 Å². The molecule has 0 aromatic carbocycles. The smallest absolute Gasteiger partial charge is 0.330 e. The maximum Gasteiger partial charge on any atom is 0.330 e. The van der Waals surface area contributed by atoms with Crippen LogP contribution < -0.4 is 0 Å². The highest BCUT2D eigenvalue weighted by Crippen LogP contribution is 2.20. The number of rotatable bonds is 7. The maximum atomic E-state index is 11.4. The van der Waals surface area contributed by atoms with Crippen LogP contribution in [0.2, 0.25) is 0 Å². The number of carbonyl (C=O) groups is 2. The first-order chi connectivity index (χ1) is 9.99. The van der Waals surface area contributed by atoms with Crippen molar-refractivity contribution in [2.24, 2.45) is 0 Å². The third kappa shape index (κ3) is 5.10. The summed E-state index contributed by atoms with van der Waals surface area (Å²) in [5.41, 5.74) is 4.01.